The van der Waals surface area contributed by atoms with Crippen molar-refractivity contribution in [3.63, 3.8) is 0 Å². The fourth-order valence-corrected chi connectivity index (χ4v) is 3.95. The zero-order valence-electron chi connectivity index (χ0n) is 17.8. The summed E-state index contributed by atoms with van der Waals surface area (Å²) in [7, 11) is 0. The van der Waals surface area contributed by atoms with Crippen molar-refractivity contribution < 1.29 is 4.39 Å². The van der Waals surface area contributed by atoms with E-state index in [1.807, 2.05) is 36.4 Å². The van der Waals surface area contributed by atoms with Crippen LogP contribution in [-0.2, 0) is 12.8 Å². The largest absolute Gasteiger partial charge is 0.206 e. The van der Waals surface area contributed by atoms with E-state index in [-0.39, 0.29) is 5.82 Å². The molecule has 0 atom stereocenters. The summed E-state index contributed by atoms with van der Waals surface area (Å²) >= 11 is 0. The summed E-state index contributed by atoms with van der Waals surface area (Å²) in [5.74, 6) is -0.198. The van der Waals surface area contributed by atoms with E-state index in [9.17, 15) is 4.39 Å². The summed E-state index contributed by atoms with van der Waals surface area (Å²) in [6.07, 6.45) is 7.76. The van der Waals surface area contributed by atoms with E-state index in [0.717, 1.165) is 42.4 Å². The molecule has 0 bridgehead atoms. The molecule has 1 heteroatoms. The van der Waals surface area contributed by atoms with Crippen molar-refractivity contribution in [3.05, 3.63) is 121 Å². The molecule has 0 aliphatic carbocycles. The molecule has 0 aromatic heterocycles. The minimum atomic E-state index is -0.198. The van der Waals surface area contributed by atoms with E-state index in [1.54, 1.807) is 6.07 Å². The molecule has 154 valence electrons. The van der Waals surface area contributed by atoms with Crippen molar-refractivity contribution in [3.8, 4) is 22.3 Å². The van der Waals surface area contributed by atoms with E-state index in [1.165, 1.54) is 21.9 Å². The summed E-state index contributed by atoms with van der Waals surface area (Å²) in [5.41, 5.74) is 6.00. The molecule has 0 amide bonds. The molecule has 0 spiro atoms. The Hall–Kier alpha value is -3.45. The molecule has 0 fully saturated rings. The molecule has 0 heterocycles. The lowest BCUT2D eigenvalue weighted by molar-refractivity contribution is 0.632. The Kier molecular flexibility index (Phi) is 6.43. The van der Waals surface area contributed by atoms with E-state index < -0.39 is 0 Å². The zero-order valence-corrected chi connectivity index (χ0v) is 17.8. The number of rotatable bonds is 8. The van der Waals surface area contributed by atoms with Gasteiger partial charge in [-0.05, 0) is 76.4 Å². The number of halogens is 1. The number of benzene rings is 4. The van der Waals surface area contributed by atoms with Crippen LogP contribution in [0.4, 0.5) is 4.39 Å². The maximum atomic E-state index is 15.0. The van der Waals surface area contributed by atoms with E-state index in [4.69, 9.17) is 0 Å². The molecule has 4 rings (SSSR count). The first kappa shape index (κ1) is 20.8. The molecule has 31 heavy (non-hydrogen) atoms. The van der Waals surface area contributed by atoms with Crippen LogP contribution in [0.5, 0.6) is 0 Å². The van der Waals surface area contributed by atoms with Crippen LogP contribution in [0.15, 0.2) is 104 Å². The normalized spacial score (nSPS) is 10.9. The first-order valence-electron chi connectivity index (χ1n) is 10.8. The second-order valence-corrected chi connectivity index (χ2v) is 7.94. The second-order valence-electron chi connectivity index (χ2n) is 7.94. The van der Waals surface area contributed by atoms with Crippen LogP contribution in [0.2, 0.25) is 0 Å². The summed E-state index contributed by atoms with van der Waals surface area (Å²) in [6, 6.07) is 26.5. The van der Waals surface area contributed by atoms with Crippen LogP contribution >= 0.6 is 0 Å². The Bertz CT molecular complexity index is 1220. The van der Waals surface area contributed by atoms with Crippen LogP contribution in [-0.4, -0.2) is 0 Å². The van der Waals surface area contributed by atoms with Crippen LogP contribution in [0.3, 0.4) is 0 Å². The van der Waals surface area contributed by atoms with Crippen LogP contribution < -0.4 is 0 Å². The van der Waals surface area contributed by atoms with Gasteiger partial charge in [-0.1, -0.05) is 78.9 Å². The molecule has 4 aromatic rings. The second kappa shape index (κ2) is 9.57. The van der Waals surface area contributed by atoms with Gasteiger partial charge in [0.05, 0.1) is 0 Å². The van der Waals surface area contributed by atoms with Crippen molar-refractivity contribution in [1.29, 1.82) is 0 Å². The predicted octanol–water partition coefficient (Wildman–Crippen LogP) is 8.55. The van der Waals surface area contributed by atoms with Crippen molar-refractivity contribution in [2.45, 2.75) is 25.7 Å². The predicted molar refractivity (Wildman–Crippen MR) is 132 cm³/mol. The van der Waals surface area contributed by atoms with Gasteiger partial charge in [0.2, 0.25) is 0 Å². The summed E-state index contributed by atoms with van der Waals surface area (Å²) in [4.78, 5) is 0. The minimum Gasteiger partial charge on any atom is -0.206 e. The number of hydrogen-bond acceptors (Lipinski definition) is 0. The molecule has 0 saturated heterocycles. The molecule has 0 N–H and O–H groups in total. The average Bonchev–Trinajstić information content (AvgIpc) is 2.81. The van der Waals surface area contributed by atoms with E-state index in [2.05, 4.69) is 61.7 Å². The maximum absolute atomic E-state index is 15.0. The van der Waals surface area contributed by atoms with Crippen molar-refractivity contribution in [2.75, 3.05) is 0 Å². The summed E-state index contributed by atoms with van der Waals surface area (Å²) in [5, 5.41) is 2.37. The fraction of sp³-hybridized carbons (Fsp3) is 0.133. The fourth-order valence-electron chi connectivity index (χ4n) is 3.95. The van der Waals surface area contributed by atoms with Gasteiger partial charge in [-0.2, -0.15) is 0 Å². The van der Waals surface area contributed by atoms with Gasteiger partial charge in [-0.25, -0.2) is 4.39 Å². The Morgan fingerprint density at radius 1 is 0.581 bits per heavy atom. The van der Waals surface area contributed by atoms with Crippen molar-refractivity contribution in [2.24, 2.45) is 0 Å². The zero-order chi connectivity index (χ0) is 21.6. The van der Waals surface area contributed by atoms with Gasteiger partial charge < -0.3 is 0 Å². The highest BCUT2D eigenvalue weighted by atomic mass is 19.1. The molecule has 0 nitrogen and oxygen atoms in total. The highest BCUT2D eigenvalue weighted by Gasteiger charge is 2.08. The number of allylic oxidation sites excluding steroid dienone is 2. The summed E-state index contributed by atoms with van der Waals surface area (Å²) < 4.78 is 15.0. The molecule has 0 saturated carbocycles. The average molecular weight is 407 g/mol. The third-order valence-corrected chi connectivity index (χ3v) is 5.75. The van der Waals surface area contributed by atoms with Gasteiger partial charge in [0.25, 0.3) is 0 Å². The Labute approximate surface area is 184 Å². The highest BCUT2D eigenvalue weighted by molar-refractivity contribution is 5.88. The van der Waals surface area contributed by atoms with Gasteiger partial charge in [0, 0.05) is 5.56 Å². The van der Waals surface area contributed by atoms with Crippen molar-refractivity contribution >= 4 is 10.8 Å². The van der Waals surface area contributed by atoms with Gasteiger partial charge in [0.15, 0.2) is 0 Å². The van der Waals surface area contributed by atoms with Gasteiger partial charge in [-0.15, -0.1) is 13.2 Å². The van der Waals surface area contributed by atoms with Gasteiger partial charge in [0.1, 0.15) is 5.82 Å². The van der Waals surface area contributed by atoms with Crippen LogP contribution in [0.1, 0.15) is 24.0 Å². The first-order chi connectivity index (χ1) is 15.2. The smallest absolute Gasteiger partial charge is 0.131 e. The lowest BCUT2D eigenvalue weighted by Crippen LogP contribution is -1.89. The monoisotopic (exact) mass is 406 g/mol. The third-order valence-electron chi connectivity index (χ3n) is 5.75. The molecule has 0 aliphatic heterocycles. The molecular weight excluding hydrogens is 379 g/mol. The third kappa shape index (κ3) is 4.83. The van der Waals surface area contributed by atoms with Crippen LogP contribution in [0.25, 0.3) is 33.0 Å². The standard InChI is InChI=1S/C30H27F/c1-3-5-7-22-9-12-24(13-10-22)29-18-17-28(21-30(29)31)27-16-15-25-19-23(8-6-4-2)11-14-26(25)20-27/h3-4,9-21H,1-2,5-8H2. The van der Waals surface area contributed by atoms with E-state index >= 15 is 0 Å². The topological polar surface area (TPSA) is 0 Å². The Morgan fingerprint density at radius 3 is 1.84 bits per heavy atom. The maximum Gasteiger partial charge on any atom is 0.131 e. The summed E-state index contributed by atoms with van der Waals surface area (Å²) in [6.45, 7) is 7.56. The quantitative estimate of drug-likeness (QED) is 0.257. The van der Waals surface area contributed by atoms with E-state index in [0.29, 0.717) is 5.56 Å². The number of hydrogen-bond donors (Lipinski definition) is 0. The molecule has 0 aliphatic rings. The number of aryl methyl sites for hydroxylation is 2. The van der Waals surface area contributed by atoms with Gasteiger partial charge >= 0.3 is 0 Å². The SMILES string of the molecule is C=CCCc1ccc(-c2ccc(-c3ccc4cc(CCC=C)ccc4c3)cc2F)cc1. The molecule has 4 aromatic carbocycles. The molecule has 0 unspecified atom stereocenters. The Balaban J connectivity index is 1.59. The molecular formula is C30H27F. The minimum absolute atomic E-state index is 0.198. The molecule has 0 radical (unpaired) electrons. The first-order valence-corrected chi connectivity index (χ1v) is 10.8. The lowest BCUT2D eigenvalue weighted by atomic mass is 9.96. The highest BCUT2D eigenvalue weighted by Crippen LogP contribution is 2.30. The lowest BCUT2D eigenvalue weighted by Gasteiger charge is -2.09. The Morgan fingerprint density at radius 2 is 1.13 bits per heavy atom. The van der Waals surface area contributed by atoms with Gasteiger partial charge in [-0.3, -0.25) is 0 Å². The van der Waals surface area contributed by atoms with Crippen LogP contribution in [0, 0.1) is 5.82 Å². The van der Waals surface area contributed by atoms with Crippen molar-refractivity contribution in [1.82, 2.24) is 0 Å². The number of fused-ring (bicyclic) bond motifs is 1.